The summed E-state index contributed by atoms with van der Waals surface area (Å²) in [7, 11) is 0. The number of rotatable bonds is 3. The molecule has 4 nitrogen and oxygen atoms in total. The van der Waals surface area contributed by atoms with Crippen molar-refractivity contribution in [2.24, 2.45) is 0 Å². The van der Waals surface area contributed by atoms with Gasteiger partial charge in [-0.2, -0.15) is 0 Å². The van der Waals surface area contributed by atoms with Crippen LogP contribution in [0, 0.1) is 0 Å². The molecule has 0 radical (unpaired) electrons. The summed E-state index contributed by atoms with van der Waals surface area (Å²) in [5.41, 5.74) is 0.976. The van der Waals surface area contributed by atoms with Crippen LogP contribution in [-0.4, -0.2) is 22.7 Å². The average molecular weight is 248 g/mol. The minimum atomic E-state index is -0.0140. The first-order valence-corrected chi connectivity index (χ1v) is 7.03. The summed E-state index contributed by atoms with van der Waals surface area (Å²) in [5.74, 6) is 1.30. The minimum absolute atomic E-state index is 0.0140. The first-order chi connectivity index (χ1) is 8.81. The van der Waals surface area contributed by atoms with Crippen LogP contribution in [0.4, 0.5) is 0 Å². The molecule has 1 aromatic rings. The fourth-order valence-electron chi connectivity index (χ4n) is 3.08. The topological polar surface area (TPSA) is 55.0 Å². The molecule has 3 rings (SSSR count). The van der Waals surface area contributed by atoms with E-state index in [2.05, 4.69) is 9.97 Å². The molecule has 1 aliphatic heterocycles. The van der Waals surface area contributed by atoms with E-state index in [4.69, 9.17) is 4.74 Å². The van der Waals surface area contributed by atoms with E-state index in [1.807, 2.05) is 0 Å². The number of H-pyrrole nitrogens is 1. The largest absolute Gasteiger partial charge is 0.378 e. The van der Waals surface area contributed by atoms with E-state index in [1.165, 1.54) is 25.7 Å². The summed E-state index contributed by atoms with van der Waals surface area (Å²) in [6, 6.07) is 1.68. The fourth-order valence-corrected chi connectivity index (χ4v) is 3.08. The average Bonchev–Trinajstić information content (AvgIpc) is 3.00. The van der Waals surface area contributed by atoms with E-state index in [0.717, 1.165) is 37.4 Å². The number of nitrogens with zero attached hydrogens (tertiary/aromatic N) is 1. The van der Waals surface area contributed by atoms with Gasteiger partial charge in [-0.3, -0.25) is 4.79 Å². The normalized spacial score (nSPS) is 24.8. The van der Waals surface area contributed by atoms with Crippen LogP contribution in [0.1, 0.15) is 56.0 Å². The van der Waals surface area contributed by atoms with E-state index < -0.39 is 0 Å². The summed E-state index contributed by atoms with van der Waals surface area (Å²) in [5, 5.41) is 0. The molecular weight excluding hydrogens is 228 g/mol. The van der Waals surface area contributed by atoms with Crippen molar-refractivity contribution >= 4 is 0 Å². The van der Waals surface area contributed by atoms with Crippen molar-refractivity contribution in [2.75, 3.05) is 6.61 Å². The minimum Gasteiger partial charge on any atom is -0.378 e. The van der Waals surface area contributed by atoms with E-state index in [0.29, 0.717) is 5.92 Å². The van der Waals surface area contributed by atoms with Crippen LogP contribution in [0.15, 0.2) is 10.9 Å². The Hall–Kier alpha value is -1.16. The van der Waals surface area contributed by atoms with Gasteiger partial charge in [0.25, 0.3) is 5.56 Å². The third-order valence-electron chi connectivity index (χ3n) is 4.03. The molecule has 1 unspecified atom stereocenters. The molecule has 1 aromatic heterocycles. The zero-order valence-electron chi connectivity index (χ0n) is 10.7. The molecule has 2 heterocycles. The van der Waals surface area contributed by atoms with Crippen LogP contribution in [-0.2, 0) is 11.2 Å². The van der Waals surface area contributed by atoms with Crippen molar-refractivity contribution in [3.05, 3.63) is 27.9 Å². The number of hydrogen-bond donors (Lipinski definition) is 1. The standard InChI is InChI=1S/C14H20N2O2/c17-14-9-12(10-4-1-2-5-10)15-13(16-14)8-11-6-3-7-18-11/h9-11H,1-8H2,(H,15,16,17). The molecule has 0 bridgehead atoms. The zero-order valence-corrected chi connectivity index (χ0v) is 10.7. The molecule has 0 aromatic carbocycles. The highest BCUT2D eigenvalue weighted by molar-refractivity contribution is 5.10. The Morgan fingerprint density at radius 2 is 2.11 bits per heavy atom. The van der Waals surface area contributed by atoms with Crippen molar-refractivity contribution in [3.8, 4) is 0 Å². The number of aromatic amines is 1. The molecule has 1 N–H and O–H groups in total. The highest BCUT2D eigenvalue weighted by atomic mass is 16.5. The Bertz CT molecular complexity index is 457. The van der Waals surface area contributed by atoms with Crippen molar-refractivity contribution < 1.29 is 4.74 Å². The molecule has 2 aliphatic rings. The maximum absolute atomic E-state index is 11.7. The summed E-state index contributed by atoms with van der Waals surface area (Å²) in [4.78, 5) is 19.2. The van der Waals surface area contributed by atoms with Gasteiger partial charge in [0, 0.05) is 25.0 Å². The van der Waals surface area contributed by atoms with Gasteiger partial charge in [0.2, 0.25) is 0 Å². The third kappa shape index (κ3) is 2.64. The van der Waals surface area contributed by atoms with Gasteiger partial charge in [0.1, 0.15) is 5.82 Å². The first-order valence-electron chi connectivity index (χ1n) is 7.03. The second-order valence-electron chi connectivity index (χ2n) is 5.44. The molecule has 1 saturated heterocycles. The molecule has 0 spiro atoms. The Morgan fingerprint density at radius 1 is 1.28 bits per heavy atom. The van der Waals surface area contributed by atoms with E-state index in [-0.39, 0.29) is 11.7 Å². The monoisotopic (exact) mass is 248 g/mol. The van der Waals surface area contributed by atoms with Crippen molar-refractivity contribution in [3.63, 3.8) is 0 Å². The third-order valence-corrected chi connectivity index (χ3v) is 4.03. The van der Waals surface area contributed by atoms with Crippen LogP contribution < -0.4 is 5.56 Å². The molecule has 2 fully saturated rings. The van der Waals surface area contributed by atoms with Crippen LogP contribution in [0.5, 0.6) is 0 Å². The lowest BCUT2D eigenvalue weighted by Crippen LogP contribution is -2.18. The lowest BCUT2D eigenvalue weighted by atomic mass is 10.0. The Kier molecular flexibility index (Phi) is 3.46. The summed E-state index contributed by atoms with van der Waals surface area (Å²) in [6.45, 7) is 0.844. The van der Waals surface area contributed by atoms with Crippen LogP contribution in [0.3, 0.4) is 0 Å². The van der Waals surface area contributed by atoms with Crippen LogP contribution in [0.25, 0.3) is 0 Å². The SMILES string of the molecule is O=c1cc(C2CCCC2)nc(CC2CCCO2)[nH]1. The quantitative estimate of drug-likeness (QED) is 0.891. The van der Waals surface area contributed by atoms with Gasteiger partial charge in [-0.05, 0) is 25.7 Å². The highest BCUT2D eigenvalue weighted by Crippen LogP contribution is 2.32. The fraction of sp³-hybridized carbons (Fsp3) is 0.714. The molecule has 0 amide bonds. The summed E-state index contributed by atoms with van der Waals surface area (Å²) in [6.07, 6.45) is 8.07. The summed E-state index contributed by atoms with van der Waals surface area (Å²) >= 11 is 0. The lowest BCUT2D eigenvalue weighted by Gasteiger charge is -2.12. The van der Waals surface area contributed by atoms with Crippen LogP contribution in [0.2, 0.25) is 0 Å². The molecular formula is C14H20N2O2. The maximum atomic E-state index is 11.7. The molecule has 1 aliphatic carbocycles. The summed E-state index contributed by atoms with van der Waals surface area (Å²) < 4.78 is 5.60. The van der Waals surface area contributed by atoms with Gasteiger partial charge < -0.3 is 9.72 Å². The van der Waals surface area contributed by atoms with E-state index in [9.17, 15) is 4.79 Å². The maximum Gasteiger partial charge on any atom is 0.251 e. The molecule has 18 heavy (non-hydrogen) atoms. The zero-order chi connectivity index (χ0) is 12.4. The van der Waals surface area contributed by atoms with Crippen molar-refractivity contribution in [1.29, 1.82) is 0 Å². The van der Waals surface area contributed by atoms with Crippen molar-refractivity contribution in [1.82, 2.24) is 9.97 Å². The Labute approximate surface area is 107 Å². The van der Waals surface area contributed by atoms with Gasteiger partial charge in [0.15, 0.2) is 0 Å². The van der Waals surface area contributed by atoms with Gasteiger partial charge in [0.05, 0.1) is 11.8 Å². The van der Waals surface area contributed by atoms with Crippen molar-refractivity contribution in [2.45, 2.75) is 57.0 Å². The Balaban J connectivity index is 1.78. The predicted molar refractivity (Wildman–Crippen MR) is 68.7 cm³/mol. The first kappa shape index (κ1) is 11.9. The number of aromatic nitrogens is 2. The predicted octanol–water partition coefficient (Wildman–Crippen LogP) is 2.15. The molecule has 1 saturated carbocycles. The van der Waals surface area contributed by atoms with E-state index in [1.54, 1.807) is 6.07 Å². The smallest absolute Gasteiger partial charge is 0.251 e. The van der Waals surface area contributed by atoms with Gasteiger partial charge in [-0.15, -0.1) is 0 Å². The second-order valence-corrected chi connectivity index (χ2v) is 5.44. The highest BCUT2D eigenvalue weighted by Gasteiger charge is 2.21. The van der Waals surface area contributed by atoms with Gasteiger partial charge >= 0.3 is 0 Å². The number of hydrogen-bond acceptors (Lipinski definition) is 3. The van der Waals surface area contributed by atoms with E-state index >= 15 is 0 Å². The number of ether oxygens (including phenoxy) is 1. The molecule has 1 atom stereocenters. The van der Waals surface area contributed by atoms with Gasteiger partial charge in [-0.25, -0.2) is 4.98 Å². The Morgan fingerprint density at radius 3 is 2.83 bits per heavy atom. The second kappa shape index (κ2) is 5.22. The van der Waals surface area contributed by atoms with Gasteiger partial charge in [-0.1, -0.05) is 12.8 Å². The number of nitrogens with one attached hydrogen (secondary N) is 1. The molecule has 98 valence electrons. The van der Waals surface area contributed by atoms with Crippen LogP contribution >= 0.6 is 0 Å². The lowest BCUT2D eigenvalue weighted by molar-refractivity contribution is 0.109. The molecule has 4 heteroatoms.